The number of sulfone groups is 1. The van der Waals surface area contributed by atoms with E-state index < -0.39 is 9.84 Å². The summed E-state index contributed by atoms with van der Waals surface area (Å²) in [6, 6.07) is 12.8. The fourth-order valence-corrected chi connectivity index (χ4v) is 2.84. The van der Waals surface area contributed by atoms with Crippen molar-refractivity contribution in [1.82, 2.24) is 10.2 Å². The smallest absolute Gasteiger partial charge is 0.253 e. The van der Waals surface area contributed by atoms with E-state index in [0.717, 1.165) is 11.8 Å². The second kappa shape index (κ2) is 7.48. The highest BCUT2D eigenvalue weighted by Gasteiger charge is 2.12. The monoisotopic (exact) mass is 360 g/mol. The first-order valence-corrected chi connectivity index (χ1v) is 9.46. The molecule has 25 heavy (non-hydrogen) atoms. The third-order valence-electron chi connectivity index (χ3n) is 3.58. The van der Waals surface area contributed by atoms with E-state index >= 15 is 0 Å². The molecule has 0 aromatic heterocycles. The first-order chi connectivity index (χ1) is 11.7. The zero-order chi connectivity index (χ0) is 18.6. The first-order valence-electron chi connectivity index (χ1n) is 7.57. The molecular formula is C18H20N2O4S. The lowest BCUT2D eigenvalue weighted by atomic mass is 10.1. The number of nitrogens with zero attached hydrogens (tertiary/aromatic N) is 1. The maximum absolute atomic E-state index is 12.2. The van der Waals surface area contributed by atoms with Crippen molar-refractivity contribution in [2.45, 2.75) is 11.4 Å². The fourth-order valence-electron chi connectivity index (χ4n) is 2.18. The summed E-state index contributed by atoms with van der Waals surface area (Å²) in [5.41, 5.74) is 1.69. The van der Waals surface area contributed by atoms with Gasteiger partial charge in [0.1, 0.15) is 0 Å². The highest BCUT2D eigenvalue weighted by Crippen LogP contribution is 2.12. The molecule has 0 aliphatic heterocycles. The number of carbonyl (C=O) groups is 2. The van der Waals surface area contributed by atoms with Crippen LogP contribution in [-0.2, 0) is 16.4 Å². The molecule has 0 fully saturated rings. The van der Waals surface area contributed by atoms with Gasteiger partial charge in [-0.05, 0) is 35.9 Å². The highest BCUT2D eigenvalue weighted by molar-refractivity contribution is 7.90. The summed E-state index contributed by atoms with van der Waals surface area (Å²) in [6.45, 7) is 0.276. The molecule has 1 N–H and O–H groups in total. The summed E-state index contributed by atoms with van der Waals surface area (Å²) in [6.07, 6.45) is 1.10. The predicted molar refractivity (Wildman–Crippen MR) is 95.2 cm³/mol. The van der Waals surface area contributed by atoms with E-state index in [1.807, 2.05) is 0 Å². The van der Waals surface area contributed by atoms with Gasteiger partial charge in [0.25, 0.3) is 11.8 Å². The van der Waals surface area contributed by atoms with Crippen molar-refractivity contribution >= 4 is 21.7 Å². The Morgan fingerprint density at radius 3 is 2.20 bits per heavy atom. The average molecular weight is 360 g/mol. The van der Waals surface area contributed by atoms with Crippen molar-refractivity contribution in [1.29, 1.82) is 0 Å². The van der Waals surface area contributed by atoms with Crippen LogP contribution in [0, 0.1) is 0 Å². The number of rotatable bonds is 5. The summed E-state index contributed by atoms with van der Waals surface area (Å²) in [7, 11) is 0.00141. The molecule has 132 valence electrons. The summed E-state index contributed by atoms with van der Waals surface area (Å²) in [5.74, 6) is -0.452. The molecule has 0 spiro atoms. The van der Waals surface area contributed by atoms with E-state index in [9.17, 15) is 18.0 Å². The van der Waals surface area contributed by atoms with Crippen LogP contribution in [0.15, 0.2) is 53.4 Å². The third kappa shape index (κ3) is 4.90. The maximum Gasteiger partial charge on any atom is 0.253 e. The van der Waals surface area contributed by atoms with Gasteiger partial charge in [-0.3, -0.25) is 9.59 Å². The lowest BCUT2D eigenvalue weighted by Gasteiger charge is -2.11. The van der Waals surface area contributed by atoms with E-state index in [1.165, 1.54) is 23.1 Å². The minimum absolute atomic E-state index is 0.0897. The average Bonchev–Trinajstić information content (AvgIpc) is 2.58. The molecule has 0 saturated heterocycles. The third-order valence-corrected chi connectivity index (χ3v) is 4.69. The zero-order valence-electron chi connectivity index (χ0n) is 14.3. The summed E-state index contributed by atoms with van der Waals surface area (Å²) in [5, 5.41) is 2.74. The number of benzene rings is 2. The molecule has 0 aliphatic carbocycles. The van der Waals surface area contributed by atoms with Gasteiger partial charge in [0.05, 0.1) is 4.90 Å². The van der Waals surface area contributed by atoms with E-state index in [4.69, 9.17) is 0 Å². The van der Waals surface area contributed by atoms with Crippen LogP contribution >= 0.6 is 0 Å². The van der Waals surface area contributed by atoms with Crippen LogP contribution in [0.25, 0.3) is 0 Å². The van der Waals surface area contributed by atoms with Gasteiger partial charge in [-0.25, -0.2) is 8.42 Å². The van der Waals surface area contributed by atoms with E-state index in [2.05, 4.69) is 5.32 Å². The Balaban J connectivity index is 2.04. The molecule has 0 atom stereocenters. The Labute approximate surface area is 147 Å². The number of carbonyl (C=O) groups excluding carboxylic acids is 2. The highest BCUT2D eigenvalue weighted by atomic mass is 32.2. The Morgan fingerprint density at radius 1 is 1.00 bits per heavy atom. The largest absolute Gasteiger partial charge is 0.348 e. The number of hydrogen-bond acceptors (Lipinski definition) is 4. The van der Waals surface area contributed by atoms with Gasteiger partial charge >= 0.3 is 0 Å². The molecule has 0 aliphatic rings. The molecule has 0 radical (unpaired) electrons. The second-order valence-electron chi connectivity index (χ2n) is 5.88. The van der Waals surface area contributed by atoms with Crippen LogP contribution < -0.4 is 5.32 Å². The van der Waals surface area contributed by atoms with Crippen molar-refractivity contribution in [2.24, 2.45) is 0 Å². The van der Waals surface area contributed by atoms with Crippen LogP contribution in [0.3, 0.4) is 0 Å². The number of hydrogen-bond donors (Lipinski definition) is 1. The number of amides is 2. The molecule has 2 rings (SSSR count). The molecule has 0 heterocycles. The molecule has 0 unspecified atom stereocenters. The van der Waals surface area contributed by atoms with Crippen molar-refractivity contribution in [3.8, 4) is 0 Å². The Hall–Kier alpha value is -2.67. The standard InChI is InChI=1S/C18H20N2O4S/c1-20(2)18(22)14-9-7-13(8-10-14)12-19-17(21)15-5-4-6-16(11-15)25(3,23)24/h4-11H,12H2,1-3H3,(H,19,21). The quantitative estimate of drug-likeness (QED) is 0.880. The molecule has 0 bridgehead atoms. The molecule has 0 saturated carbocycles. The minimum atomic E-state index is -3.36. The minimum Gasteiger partial charge on any atom is -0.348 e. The van der Waals surface area contributed by atoms with Crippen LogP contribution in [0.1, 0.15) is 26.3 Å². The molecule has 2 aromatic carbocycles. The van der Waals surface area contributed by atoms with E-state index in [0.29, 0.717) is 5.56 Å². The van der Waals surface area contributed by atoms with Crippen molar-refractivity contribution < 1.29 is 18.0 Å². The van der Waals surface area contributed by atoms with Gasteiger partial charge in [-0.15, -0.1) is 0 Å². The SMILES string of the molecule is CN(C)C(=O)c1ccc(CNC(=O)c2cccc(S(C)(=O)=O)c2)cc1. The topological polar surface area (TPSA) is 83.6 Å². The van der Waals surface area contributed by atoms with E-state index in [1.54, 1.807) is 44.4 Å². The fraction of sp³-hybridized carbons (Fsp3) is 0.222. The van der Waals surface area contributed by atoms with E-state index in [-0.39, 0.29) is 28.8 Å². The van der Waals surface area contributed by atoms with Crippen LogP contribution in [0.2, 0.25) is 0 Å². The van der Waals surface area contributed by atoms with Gasteiger partial charge in [-0.2, -0.15) is 0 Å². The lowest BCUT2D eigenvalue weighted by Crippen LogP contribution is -2.23. The Bertz CT molecular complexity index is 888. The molecule has 2 aromatic rings. The van der Waals surface area contributed by atoms with Crippen LogP contribution in [-0.4, -0.2) is 45.5 Å². The lowest BCUT2D eigenvalue weighted by molar-refractivity contribution is 0.0827. The summed E-state index contributed by atoms with van der Waals surface area (Å²) < 4.78 is 23.1. The predicted octanol–water partition coefficient (Wildman–Crippen LogP) is 1.72. The van der Waals surface area contributed by atoms with Gasteiger partial charge in [0, 0.05) is 38.0 Å². The zero-order valence-corrected chi connectivity index (χ0v) is 15.1. The molecular weight excluding hydrogens is 340 g/mol. The number of nitrogens with one attached hydrogen (secondary N) is 1. The van der Waals surface area contributed by atoms with Crippen molar-refractivity contribution in [2.75, 3.05) is 20.4 Å². The summed E-state index contributed by atoms with van der Waals surface area (Å²) in [4.78, 5) is 25.6. The molecule has 2 amide bonds. The maximum atomic E-state index is 12.2. The molecule has 7 heteroatoms. The van der Waals surface area contributed by atoms with Gasteiger partial charge < -0.3 is 10.2 Å². The summed E-state index contributed by atoms with van der Waals surface area (Å²) >= 11 is 0. The normalized spacial score (nSPS) is 11.0. The Kier molecular flexibility index (Phi) is 5.58. The second-order valence-corrected chi connectivity index (χ2v) is 7.89. The van der Waals surface area contributed by atoms with Gasteiger partial charge in [0.15, 0.2) is 9.84 Å². The van der Waals surface area contributed by atoms with Crippen LogP contribution in [0.4, 0.5) is 0 Å². The van der Waals surface area contributed by atoms with Crippen molar-refractivity contribution in [3.05, 3.63) is 65.2 Å². The van der Waals surface area contributed by atoms with Crippen molar-refractivity contribution in [3.63, 3.8) is 0 Å². The first kappa shape index (κ1) is 18.7. The Morgan fingerprint density at radius 2 is 1.64 bits per heavy atom. The van der Waals surface area contributed by atoms with Gasteiger partial charge in [0.2, 0.25) is 0 Å². The van der Waals surface area contributed by atoms with Gasteiger partial charge in [-0.1, -0.05) is 18.2 Å². The van der Waals surface area contributed by atoms with Crippen LogP contribution in [0.5, 0.6) is 0 Å². The molecule has 6 nitrogen and oxygen atoms in total.